The Labute approximate surface area is 158 Å². The number of para-hydroxylation sites is 1. The van der Waals surface area contributed by atoms with E-state index >= 15 is 0 Å². The van der Waals surface area contributed by atoms with Crippen LogP contribution in [0, 0.1) is 0 Å². The van der Waals surface area contributed by atoms with Crippen LogP contribution in [0.25, 0.3) is 22.2 Å². The van der Waals surface area contributed by atoms with Crippen molar-refractivity contribution in [1.82, 2.24) is 5.16 Å². The Kier molecular flexibility index (Phi) is 4.79. The van der Waals surface area contributed by atoms with Gasteiger partial charge in [-0.15, -0.1) is 0 Å². The molecule has 4 aromatic rings. The lowest BCUT2D eigenvalue weighted by molar-refractivity contribution is 0.391. The second kappa shape index (κ2) is 7.54. The van der Waals surface area contributed by atoms with Crippen molar-refractivity contribution < 1.29 is 14.0 Å². The van der Waals surface area contributed by atoms with Crippen LogP contribution >= 0.6 is 0 Å². The van der Waals surface area contributed by atoms with Crippen LogP contribution in [-0.2, 0) is 12.8 Å². The van der Waals surface area contributed by atoms with Crippen molar-refractivity contribution in [3.05, 3.63) is 77.9 Å². The second-order valence-electron chi connectivity index (χ2n) is 6.38. The molecule has 27 heavy (non-hydrogen) atoms. The molecule has 1 aromatic heterocycles. The summed E-state index contributed by atoms with van der Waals surface area (Å²) in [5.74, 6) is 1.54. The van der Waals surface area contributed by atoms with Crippen LogP contribution in [0.1, 0.15) is 11.1 Å². The van der Waals surface area contributed by atoms with E-state index in [4.69, 9.17) is 14.0 Å². The van der Waals surface area contributed by atoms with Crippen molar-refractivity contribution in [2.24, 2.45) is 0 Å². The van der Waals surface area contributed by atoms with Gasteiger partial charge in [0, 0.05) is 17.0 Å². The quantitative estimate of drug-likeness (QED) is 0.469. The van der Waals surface area contributed by atoms with E-state index in [0.29, 0.717) is 0 Å². The summed E-state index contributed by atoms with van der Waals surface area (Å²) in [5, 5.41) is 5.26. The molecule has 4 heteroatoms. The molecule has 0 unspecified atom stereocenters. The van der Waals surface area contributed by atoms with Crippen LogP contribution in [0.2, 0.25) is 0 Å². The zero-order chi connectivity index (χ0) is 18.6. The molecule has 0 atom stereocenters. The first-order valence-electron chi connectivity index (χ1n) is 8.93. The number of aryl methyl sites for hydroxylation is 2. The third kappa shape index (κ3) is 3.38. The summed E-state index contributed by atoms with van der Waals surface area (Å²) < 4.78 is 16.7. The minimum absolute atomic E-state index is 0.717. The van der Waals surface area contributed by atoms with Crippen molar-refractivity contribution in [2.45, 2.75) is 12.8 Å². The number of fused-ring (bicyclic) bond motifs is 1. The molecular weight excluding hydrogens is 338 g/mol. The van der Waals surface area contributed by atoms with E-state index in [9.17, 15) is 0 Å². The highest BCUT2D eigenvalue weighted by Crippen LogP contribution is 2.39. The minimum Gasteiger partial charge on any atom is -0.496 e. The average Bonchev–Trinajstić information content (AvgIpc) is 3.16. The summed E-state index contributed by atoms with van der Waals surface area (Å²) in [6.07, 6.45) is 1.79. The van der Waals surface area contributed by atoms with Crippen LogP contribution in [0.3, 0.4) is 0 Å². The van der Waals surface area contributed by atoms with E-state index in [1.54, 1.807) is 14.2 Å². The Balaban J connectivity index is 1.77. The fourth-order valence-electron chi connectivity index (χ4n) is 3.35. The summed E-state index contributed by atoms with van der Waals surface area (Å²) in [6, 6.07) is 22.3. The molecule has 0 saturated heterocycles. The molecule has 0 saturated carbocycles. The number of rotatable bonds is 6. The van der Waals surface area contributed by atoms with Crippen molar-refractivity contribution in [2.75, 3.05) is 14.2 Å². The van der Waals surface area contributed by atoms with Gasteiger partial charge in [0.2, 0.25) is 0 Å². The monoisotopic (exact) mass is 359 g/mol. The van der Waals surface area contributed by atoms with E-state index in [1.807, 2.05) is 36.4 Å². The third-order valence-electron chi connectivity index (χ3n) is 4.76. The lowest BCUT2D eigenvalue weighted by Crippen LogP contribution is -1.99. The molecule has 4 nitrogen and oxygen atoms in total. The summed E-state index contributed by atoms with van der Waals surface area (Å²) in [4.78, 5) is 0. The number of methoxy groups -OCH3 is 2. The summed E-state index contributed by atoms with van der Waals surface area (Å²) in [5.41, 5.74) is 4.86. The SMILES string of the molecule is COc1cc(OC)c(-c2noc3ccccc23)cc1CCc1ccccc1. The minimum atomic E-state index is 0.717. The normalized spacial score (nSPS) is 10.9. The number of benzene rings is 3. The summed E-state index contributed by atoms with van der Waals surface area (Å²) in [6.45, 7) is 0. The van der Waals surface area contributed by atoms with Crippen molar-refractivity contribution in [3.8, 4) is 22.8 Å². The Bertz CT molecular complexity index is 1050. The molecule has 3 aromatic carbocycles. The number of hydrogen-bond acceptors (Lipinski definition) is 4. The van der Waals surface area contributed by atoms with Gasteiger partial charge in [-0.2, -0.15) is 0 Å². The maximum Gasteiger partial charge on any atom is 0.167 e. The van der Waals surface area contributed by atoms with Crippen LogP contribution in [0.4, 0.5) is 0 Å². The molecule has 136 valence electrons. The van der Waals surface area contributed by atoms with Crippen molar-refractivity contribution >= 4 is 11.0 Å². The van der Waals surface area contributed by atoms with E-state index in [2.05, 4.69) is 35.5 Å². The molecule has 0 fully saturated rings. The molecule has 0 aliphatic heterocycles. The van der Waals surface area contributed by atoms with Gasteiger partial charge in [-0.25, -0.2) is 0 Å². The molecule has 0 bridgehead atoms. The van der Waals surface area contributed by atoms with Gasteiger partial charge < -0.3 is 14.0 Å². The van der Waals surface area contributed by atoms with E-state index in [0.717, 1.165) is 52.1 Å². The fourth-order valence-corrected chi connectivity index (χ4v) is 3.35. The highest BCUT2D eigenvalue weighted by Gasteiger charge is 2.18. The van der Waals surface area contributed by atoms with Gasteiger partial charge in [0.1, 0.15) is 17.2 Å². The van der Waals surface area contributed by atoms with Gasteiger partial charge in [0.25, 0.3) is 0 Å². The zero-order valence-corrected chi connectivity index (χ0v) is 15.4. The van der Waals surface area contributed by atoms with E-state index in [1.165, 1.54) is 5.56 Å². The van der Waals surface area contributed by atoms with E-state index in [-0.39, 0.29) is 0 Å². The Morgan fingerprint density at radius 3 is 2.33 bits per heavy atom. The van der Waals surface area contributed by atoms with Crippen LogP contribution in [0.5, 0.6) is 11.5 Å². The predicted molar refractivity (Wildman–Crippen MR) is 106 cm³/mol. The highest BCUT2D eigenvalue weighted by atomic mass is 16.5. The largest absolute Gasteiger partial charge is 0.496 e. The molecule has 0 spiro atoms. The lowest BCUT2D eigenvalue weighted by atomic mass is 9.98. The Morgan fingerprint density at radius 1 is 0.815 bits per heavy atom. The number of ether oxygens (including phenoxy) is 2. The lowest BCUT2D eigenvalue weighted by Gasteiger charge is -2.14. The van der Waals surface area contributed by atoms with Gasteiger partial charge in [0.15, 0.2) is 5.58 Å². The first-order chi connectivity index (χ1) is 13.3. The highest BCUT2D eigenvalue weighted by molar-refractivity contribution is 5.93. The topological polar surface area (TPSA) is 44.5 Å². The van der Waals surface area contributed by atoms with Crippen LogP contribution < -0.4 is 9.47 Å². The maximum absolute atomic E-state index is 5.62. The number of hydrogen-bond donors (Lipinski definition) is 0. The Morgan fingerprint density at radius 2 is 1.56 bits per heavy atom. The first kappa shape index (κ1) is 17.2. The average molecular weight is 359 g/mol. The zero-order valence-electron chi connectivity index (χ0n) is 15.4. The van der Waals surface area contributed by atoms with E-state index < -0.39 is 0 Å². The summed E-state index contributed by atoms with van der Waals surface area (Å²) in [7, 11) is 3.34. The maximum atomic E-state index is 5.62. The summed E-state index contributed by atoms with van der Waals surface area (Å²) >= 11 is 0. The Hall–Kier alpha value is -3.27. The standard InChI is InChI=1S/C23H21NO3/c1-25-21-15-22(26-2)19(23-18-10-6-7-11-20(18)27-24-23)14-17(21)13-12-16-8-4-3-5-9-16/h3-11,14-15H,12-13H2,1-2H3. The molecule has 0 N–H and O–H groups in total. The van der Waals surface area contributed by atoms with Crippen LogP contribution in [0.15, 0.2) is 71.3 Å². The molecule has 0 aliphatic rings. The molecular formula is C23H21NO3. The van der Waals surface area contributed by atoms with Gasteiger partial charge in [-0.1, -0.05) is 47.6 Å². The van der Waals surface area contributed by atoms with Gasteiger partial charge >= 0.3 is 0 Å². The number of nitrogens with zero attached hydrogens (tertiary/aromatic N) is 1. The van der Waals surface area contributed by atoms with Crippen molar-refractivity contribution in [1.29, 1.82) is 0 Å². The molecule has 4 rings (SSSR count). The van der Waals surface area contributed by atoms with Gasteiger partial charge in [-0.3, -0.25) is 0 Å². The molecule has 0 amide bonds. The fraction of sp³-hybridized carbons (Fsp3) is 0.174. The molecule has 1 heterocycles. The predicted octanol–water partition coefficient (Wildman–Crippen LogP) is 5.30. The van der Waals surface area contributed by atoms with Gasteiger partial charge in [0.05, 0.1) is 14.2 Å². The second-order valence-corrected chi connectivity index (χ2v) is 6.38. The van der Waals surface area contributed by atoms with Crippen molar-refractivity contribution in [3.63, 3.8) is 0 Å². The number of aromatic nitrogens is 1. The smallest absolute Gasteiger partial charge is 0.167 e. The van der Waals surface area contributed by atoms with Crippen LogP contribution in [-0.4, -0.2) is 19.4 Å². The molecule has 0 aliphatic carbocycles. The third-order valence-corrected chi connectivity index (χ3v) is 4.76. The van der Waals surface area contributed by atoms with Gasteiger partial charge in [-0.05, 0) is 42.2 Å². The molecule has 0 radical (unpaired) electrons. The first-order valence-corrected chi connectivity index (χ1v) is 8.93.